The Morgan fingerprint density at radius 1 is 1.25 bits per heavy atom. The van der Waals surface area contributed by atoms with E-state index in [0.29, 0.717) is 22.0 Å². The van der Waals surface area contributed by atoms with Crippen LogP contribution >= 0.6 is 20.7 Å². The monoisotopic (exact) mass is 374 g/mol. The molecular formula is C14H9F3N2O3S2. The predicted molar refractivity (Wildman–Crippen MR) is 85.7 cm³/mol. The number of methoxy groups -OCH3 is 1. The fourth-order valence-corrected chi connectivity index (χ4v) is 4.34. The summed E-state index contributed by atoms with van der Waals surface area (Å²) in [7, 11) is 3.87. The third-order valence-corrected chi connectivity index (χ3v) is 5.31. The molecule has 1 amide bonds. The number of carbonyl (C=O) groups is 1. The summed E-state index contributed by atoms with van der Waals surface area (Å²) in [4.78, 5) is 24.0. The van der Waals surface area contributed by atoms with Crippen molar-refractivity contribution in [2.24, 2.45) is 0 Å². The number of benzene rings is 1. The van der Waals surface area contributed by atoms with E-state index in [1.54, 1.807) is 35.0 Å². The SMILES string of the molecule is COc1ccc(-n2c3cssc-3c(NC(=O)C(F)(F)F)c2=O)cc1. The minimum atomic E-state index is -5.07. The lowest BCUT2D eigenvalue weighted by atomic mass is 10.3. The summed E-state index contributed by atoms with van der Waals surface area (Å²) in [6, 6.07) is 6.48. The second kappa shape index (κ2) is 5.95. The fraction of sp³-hybridized carbons (Fsp3) is 0.143. The third kappa shape index (κ3) is 2.78. The Balaban J connectivity index is 2.10. The van der Waals surface area contributed by atoms with Crippen molar-refractivity contribution < 1.29 is 22.7 Å². The summed E-state index contributed by atoms with van der Waals surface area (Å²) in [5, 5.41) is 3.33. The lowest BCUT2D eigenvalue weighted by Crippen LogP contribution is -2.32. The maximum atomic E-state index is 12.5. The van der Waals surface area contributed by atoms with Gasteiger partial charge in [-0.1, -0.05) is 20.7 Å². The van der Waals surface area contributed by atoms with Crippen molar-refractivity contribution in [2.45, 2.75) is 6.18 Å². The highest BCUT2D eigenvalue weighted by Crippen LogP contribution is 2.39. The van der Waals surface area contributed by atoms with E-state index in [2.05, 4.69) is 0 Å². The number of hydrogen-bond donors (Lipinski definition) is 1. The first-order chi connectivity index (χ1) is 11.3. The number of ether oxygens (including phenoxy) is 1. The lowest BCUT2D eigenvalue weighted by Gasteiger charge is -2.06. The van der Waals surface area contributed by atoms with Gasteiger partial charge in [0.05, 0.1) is 17.7 Å². The number of carbonyl (C=O) groups excluding carboxylic acids is 1. The molecule has 0 aliphatic carbocycles. The Bertz CT molecular complexity index is 909. The zero-order chi connectivity index (χ0) is 17.5. The molecule has 1 aromatic rings. The van der Waals surface area contributed by atoms with Gasteiger partial charge >= 0.3 is 12.1 Å². The van der Waals surface area contributed by atoms with Crippen LogP contribution < -0.4 is 15.6 Å². The van der Waals surface area contributed by atoms with Gasteiger partial charge in [0.15, 0.2) is 0 Å². The highest BCUT2D eigenvalue weighted by atomic mass is 32.9. The van der Waals surface area contributed by atoms with Crippen LogP contribution in [0.2, 0.25) is 0 Å². The maximum Gasteiger partial charge on any atom is 0.471 e. The maximum absolute atomic E-state index is 12.5. The van der Waals surface area contributed by atoms with Gasteiger partial charge in [0.25, 0.3) is 5.56 Å². The molecule has 0 aromatic heterocycles. The first-order valence-corrected chi connectivity index (χ1v) is 8.69. The molecule has 0 radical (unpaired) electrons. The number of anilines is 1. The smallest absolute Gasteiger partial charge is 0.471 e. The number of nitrogens with zero attached hydrogens (tertiary/aromatic N) is 1. The molecule has 0 atom stereocenters. The van der Waals surface area contributed by atoms with Crippen molar-refractivity contribution in [1.82, 2.24) is 4.57 Å². The van der Waals surface area contributed by atoms with E-state index < -0.39 is 17.6 Å². The van der Waals surface area contributed by atoms with Crippen molar-refractivity contribution in [3.63, 3.8) is 0 Å². The average molecular weight is 374 g/mol. The third-order valence-electron chi connectivity index (χ3n) is 3.24. The molecule has 3 rings (SSSR count). The Morgan fingerprint density at radius 3 is 2.50 bits per heavy atom. The molecule has 0 saturated heterocycles. The van der Waals surface area contributed by atoms with Gasteiger partial charge in [0, 0.05) is 11.1 Å². The van der Waals surface area contributed by atoms with Gasteiger partial charge in [-0.3, -0.25) is 14.2 Å². The minimum absolute atomic E-state index is 0.304. The van der Waals surface area contributed by atoms with Crippen LogP contribution in [0.15, 0.2) is 34.4 Å². The van der Waals surface area contributed by atoms with Crippen LogP contribution in [0.1, 0.15) is 0 Å². The minimum Gasteiger partial charge on any atom is -0.497 e. The van der Waals surface area contributed by atoms with Gasteiger partial charge in [-0.25, -0.2) is 0 Å². The topological polar surface area (TPSA) is 60.3 Å². The largest absolute Gasteiger partial charge is 0.497 e. The van der Waals surface area contributed by atoms with Crippen molar-refractivity contribution in [3.05, 3.63) is 40.0 Å². The van der Waals surface area contributed by atoms with Crippen LogP contribution in [0.3, 0.4) is 0 Å². The molecule has 126 valence electrons. The first-order valence-electron chi connectivity index (χ1n) is 6.47. The number of rotatable bonds is 3. The van der Waals surface area contributed by atoms with Gasteiger partial charge in [-0.05, 0) is 24.3 Å². The van der Waals surface area contributed by atoms with Gasteiger partial charge in [0.2, 0.25) is 0 Å². The summed E-state index contributed by atoms with van der Waals surface area (Å²) < 4.78 is 43.7. The van der Waals surface area contributed by atoms with Gasteiger partial charge in [-0.15, -0.1) is 0 Å². The Labute approximate surface area is 140 Å². The van der Waals surface area contributed by atoms with E-state index in [1.807, 2.05) is 0 Å². The van der Waals surface area contributed by atoms with E-state index in [0.717, 1.165) is 10.3 Å². The highest BCUT2D eigenvalue weighted by molar-refractivity contribution is 7.70. The number of alkyl halides is 3. The fourth-order valence-electron chi connectivity index (χ4n) is 2.14. The molecule has 10 heteroatoms. The van der Waals surface area contributed by atoms with E-state index in [-0.39, 0.29) is 5.69 Å². The molecule has 2 heterocycles. The molecule has 1 N–H and O–H groups in total. The van der Waals surface area contributed by atoms with Crippen molar-refractivity contribution in [1.29, 1.82) is 0 Å². The van der Waals surface area contributed by atoms with Crippen LogP contribution in [0.5, 0.6) is 5.75 Å². The summed E-state index contributed by atoms with van der Waals surface area (Å²) in [6.07, 6.45) is -5.07. The van der Waals surface area contributed by atoms with Crippen LogP contribution in [-0.4, -0.2) is 23.8 Å². The second-order valence-corrected chi connectivity index (χ2v) is 6.76. The molecule has 0 spiro atoms. The van der Waals surface area contributed by atoms with E-state index in [4.69, 9.17) is 4.74 Å². The van der Waals surface area contributed by atoms with Crippen LogP contribution in [0.4, 0.5) is 18.9 Å². The molecule has 2 aliphatic heterocycles. The predicted octanol–water partition coefficient (Wildman–Crippen LogP) is 3.57. The van der Waals surface area contributed by atoms with E-state index in [9.17, 15) is 22.8 Å². The number of amides is 1. The molecule has 0 saturated carbocycles. The molecule has 0 bridgehead atoms. The molecule has 2 aliphatic rings. The van der Waals surface area contributed by atoms with Gasteiger partial charge in [0.1, 0.15) is 11.4 Å². The van der Waals surface area contributed by atoms with Crippen molar-refractivity contribution >= 4 is 32.3 Å². The number of fused-ring (bicyclic) bond motifs is 1. The zero-order valence-corrected chi connectivity index (χ0v) is 13.6. The second-order valence-electron chi connectivity index (χ2n) is 4.68. The summed E-state index contributed by atoms with van der Waals surface area (Å²) in [5.74, 6) is -1.60. The Kier molecular flexibility index (Phi) is 4.10. The zero-order valence-electron chi connectivity index (χ0n) is 12.0. The lowest BCUT2D eigenvalue weighted by molar-refractivity contribution is -0.167. The van der Waals surface area contributed by atoms with Crippen molar-refractivity contribution in [3.8, 4) is 22.0 Å². The van der Waals surface area contributed by atoms with Crippen LogP contribution in [0.25, 0.3) is 16.3 Å². The highest BCUT2D eigenvalue weighted by Gasteiger charge is 2.40. The Hall–Kier alpha value is -2.33. The van der Waals surface area contributed by atoms with Crippen molar-refractivity contribution in [2.75, 3.05) is 12.4 Å². The normalized spacial score (nSPS) is 11.7. The van der Waals surface area contributed by atoms with Gasteiger partial charge < -0.3 is 10.1 Å². The molecule has 0 fully saturated rings. The molecular weight excluding hydrogens is 365 g/mol. The summed E-state index contributed by atoms with van der Waals surface area (Å²) in [5.41, 5.74) is -0.178. The van der Waals surface area contributed by atoms with E-state index >= 15 is 0 Å². The summed E-state index contributed by atoms with van der Waals surface area (Å²) >= 11 is 0. The first kappa shape index (κ1) is 16.5. The molecule has 5 nitrogen and oxygen atoms in total. The number of hydrogen-bond acceptors (Lipinski definition) is 5. The summed E-state index contributed by atoms with van der Waals surface area (Å²) in [6.45, 7) is 0. The quantitative estimate of drug-likeness (QED) is 0.713. The molecule has 0 unspecified atom stereocenters. The Morgan fingerprint density at radius 2 is 1.92 bits per heavy atom. The number of halogens is 3. The van der Waals surface area contributed by atoms with Crippen LogP contribution in [0, 0.1) is 0 Å². The standard InChI is InChI=1S/C14H9F3N2O3S2/c1-22-8-4-2-7(3-5-8)19-9-6-23-24-11(9)10(12(19)20)18-13(21)14(15,16)17/h2-6H,1H3,(H,18,21). The van der Waals surface area contributed by atoms with Gasteiger partial charge in [-0.2, -0.15) is 13.2 Å². The van der Waals surface area contributed by atoms with Crippen LogP contribution in [-0.2, 0) is 4.79 Å². The molecule has 24 heavy (non-hydrogen) atoms. The average Bonchev–Trinajstić information content (AvgIpc) is 3.09. The number of nitrogens with one attached hydrogen (secondary N) is 1. The number of aromatic nitrogens is 1. The van der Waals surface area contributed by atoms with E-state index in [1.165, 1.54) is 22.0 Å². The molecule has 1 aromatic carbocycles.